The Kier molecular flexibility index (Phi) is 4.64. The number of nitriles is 1. The molecule has 10 nitrogen and oxygen atoms in total. The lowest BCUT2D eigenvalue weighted by atomic mass is 9.91. The van der Waals surface area contributed by atoms with E-state index in [0.717, 1.165) is 22.6 Å². The molecule has 2 aliphatic rings. The number of benzene rings is 1. The highest BCUT2D eigenvalue weighted by atomic mass is 16.7. The molecule has 1 N–H and O–H groups in total. The van der Waals surface area contributed by atoms with Crippen molar-refractivity contribution in [3.05, 3.63) is 39.9 Å². The molecule has 0 unspecified atom stereocenters. The van der Waals surface area contributed by atoms with Gasteiger partial charge in [0, 0.05) is 38.7 Å². The molecule has 0 saturated carbocycles. The Morgan fingerprint density at radius 2 is 2.06 bits per heavy atom. The highest BCUT2D eigenvalue weighted by Crippen LogP contribution is 2.35. The number of aromatic nitrogens is 4. The Morgan fingerprint density at radius 3 is 2.84 bits per heavy atom. The minimum Gasteiger partial charge on any atom is -0.467 e. The van der Waals surface area contributed by atoms with Crippen molar-refractivity contribution in [2.75, 3.05) is 25.3 Å². The maximum atomic E-state index is 13.1. The van der Waals surface area contributed by atoms with Gasteiger partial charge in [-0.1, -0.05) is 6.07 Å². The van der Waals surface area contributed by atoms with Crippen molar-refractivity contribution in [3.63, 3.8) is 0 Å². The van der Waals surface area contributed by atoms with Crippen molar-refractivity contribution >= 4 is 22.8 Å². The summed E-state index contributed by atoms with van der Waals surface area (Å²) in [6.45, 7) is 3.44. The van der Waals surface area contributed by atoms with E-state index in [1.165, 1.54) is 9.13 Å². The van der Waals surface area contributed by atoms with Crippen LogP contribution < -0.4 is 15.7 Å². The largest absolute Gasteiger partial charge is 0.467 e. The third-order valence-corrected chi connectivity index (χ3v) is 6.02. The fraction of sp³-hybridized carbons (Fsp3) is 0.429. The van der Waals surface area contributed by atoms with Crippen LogP contribution in [0.3, 0.4) is 0 Å². The van der Waals surface area contributed by atoms with Crippen LogP contribution in [-0.4, -0.2) is 39.1 Å². The lowest BCUT2D eigenvalue weighted by molar-refractivity contribution is -0.0159. The molecule has 160 valence electrons. The first-order chi connectivity index (χ1) is 15.0. The van der Waals surface area contributed by atoms with E-state index in [-0.39, 0.29) is 12.5 Å². The molecular weight excluding hydrogens is 400 g/mol. The molecule has 10 heteroatoms. The van der Waals surface area contributed by atoms with Gasteiger partial charge in [-0.25, -0.2) is 9.78 Å². The maximum absolute atomic E-state index is 13.1. The number of imidazole rings is 1. The van der Waals surface area contributed by atoms with Gasteiger partial charge < -0.3 is 19.5 Å². The van der Waals surface area contributed by atoms with E-state index in [2.05, 4.69) is 21.4 Å². The number of aryl methyl sites for hydroxylation is 2. The summed E-state index contributed by atoms with van der Waals surface area (Å²) in [5, 5.41) is 13.3. The van der Waals surface area contributed by atoms with Crippen LogP contribution in [0.2, 0.25) is 0 Å². The first-order valence-corrected chi connectivity index (χ1v) is 10.1. The van der Waals surface area contributed by atoms with Gasteiger partial charge in [-0.3, -0.25) is 9.13 Å². The first-order valence-electron chi connectivity index (χ1n) is 10.1. The molecule has 0 aliphatic carbocycles. The second-order valence-electron chi connectivity index (χ2n) is 7.81. The summed E-state index contributed by atoms with van der Waals surface area (Å²) in [4.78, 5) is 22.2. The summed E-state index contributed by atoms with van der Waals surface area (Å²) >= 11 is 0. The highest BCUT2D eigenvalue weighted by Gasteiger charge is 2.38. The summed E-state index contributed by atoms with van der Waals surface area (Å²) in [5.74, 6) is 1.08. The van der Waals surface area contributed by atoms with E-state index in [4.69, 9.17) is 14.2 Å². The minimum absolute atomic E-state index is 0.216. The molecule has 2 aliphatic heterocycles. The topological polar surface area (TPSA) is 116 Å². The van der Waals surface area contributed by atoms with Crippen LogP contribution in [-0.2, 0) is 28.7 Å². The van der Waals surface area contributed by atoms with Crippen molar-refractivity contribution in [1.29, 1.82) is 5.26 Å². The molecule has 31 heavy (non-hydrogen) atoms. The smallest absolute Gasteiger partial charge is 0.331 e. The van der Waals surface area contributed by atoms with Gasteiger partial charge in [-0.2, -0.15) is 10.2 Å². The molecule has 0 bridgehead atoms. The Balaban J connectivity index is 1.64. The van der Waals surface area contributed by atoms with Crippen molar-refractivity contribution in [2.24, 2.45) is 7.05 Å². The van der Waals surface area contributed by atoms with E-state index in [1.807, 2.05) is 19.1 Å². The number of rotatable bonds is 3. The van der Waals surface area contributed by atoms with E-state index >= 15 is 0 Å². The molecule has 0 amide bonds. The third kappa shape index (κ3) is 3.05. The van der Waals surface area contributed by atoms with Gasteiger partial charge in [0.15, 0.2) is 12.4 Å². The fourth-order valence-corrected chi connectivity index (χ4v) is 4.21. The number of ether oxygens (including phenoxy) is 3. The number of nitrogens with one attached hydrogen (secondary N) is 1. The Morgan fingerprint density at radius 1 is 1.26 bits per heavy atom. The Hall–Kier alpha value is -3.42. The Labute approximate surface area is 178 Å². The number of anilines is 2. The summed E-state index contributed by atoms with van der Waals surface area (Å²) in [6.07, 6.45) is 2.45. The molecule has 1 saturated heterocycles. The predicted octanol–water partition coefficient (Wildman–Crippen LogP) is 2.08. The van der Waals surface area contributed by atoms with Crippen molar-refractivity contribution in [1.82, 2.24) is 19.1 Å². The van der Waals surface area contributed by atoms with Crippen LogP contribution in [0.5, 0.6) is 5.75 Å². The van der Waals surface area contributed by atoms with Crippen LogP contribution in [0.4, 0.5) is 11.6 Å². The van der Waals surface area contributed by atoms with Gasteiger partial charge >= 0.3 is 5.69 Å². The summed E-state index contributed by atoms with van der Waals surface area (Å²) < 4.78 is 19.4. The third-order valence-electron chi connectivity index (χ3n) is 6.02. The fourth-order valence-electron chi connectivity index (χ4n) is 4.21. The molecule has 2 aromatic heterocycles. The second kappa shape index (κ2) is 7.37. The van der Waals surface area contributed by atoms with Gasteiger partial charge in [0.2, 0.25) is 5.95 Å². The van der Waals surface area contributed by atoms with Gasteiger partial charge in [-0.15, -0.1) is 0 Å². The summed E-state index contributed by atoms with van der Waals surface area (Å²) in [7, 11) is 1.66. The zero-order valence-electron chi connectivity index (χ0n) is 17.3. The molecule has 1 aromatic carbocycles. The molecule has 4 heterocycles. The monoisotopic (exact) mass is 422 g/mol. The standard InChI is InChI=1S/C21H22N6O4/c1-13-3-4-16-14(10-30-12-31-16)17(13)24-19-23-9-15-18(25-19)27(20(28)26(15)2)21(11-22)5-7-29-8-6-21/h3-4,9H,5-8,10,12H2,1-2H3,(H,23,24,25). The van der Waals surface area contributed by atoms with Crippen LogP contribution >= 0.6 is 0 Å². The second-order valence-corrected chi connectivity index (χ2v) is 7.81. The quantitative estimate of drug-likeness (QED) is 0.682. The first kappa shape index (κ1) is 19.5. The molecule has 0 atom stereocenters. The van der Waals surface area contributed by atoms with E-state index in [0.29, 0.717) is 49.8 Å². The van der Waals surface area contributed by atoms with Crippen LogP contribution in [0.1, 0.15) is 24.0 Å². The highest BCUT2D eigenvalue weighted by molar-refractivity contribution is 5.74. The van der Waals surface area contributed by atoms with Gasteiger partial charge in [0.05, 0.1) is 24.6 Å². The normalized spacial score (nSPS) is 17.6. The van der Waals surface area contributed by atoms with E-state index in [9.17, 15) is 10.1 Å². The summed E-state index contributed by atoms with van der Waals surface area (Å²) in [6, 6.07) is 6.23. The molecule has 5 rings (SSSR count). The maximum Gasteiger partial charge on any atom is 0.331 e. The average Bonchev–Trinajstić information content (AvgIpc) is 3.06. The molecule has 0 spiro atoms. The van der Waals surface area contributed by atoms with Gasteiger partial charge in [0.1, 0.15) is 16.8 Å². The SMILES string of the molecule is Cc1ccc2c(c1Nc1ncc3c(n1)n(C1(C#N)CCOCC1)c(=O)n3C)COCO2. The average molecular weight is 422 g/mol. The van der Waals surface area contributed by atoms with Crippen LogP contribution in [0.25, 0.3) is 11.2 Å². The van der Waals surface area contributed by atoms with E-state index < -0.39 is 5.54 Å². The lowest BCUT2D eigenvalue weighted by Crippen LogP contribution is -2.44. The molecule has 3 aromatic rings. The summed E-state index contributed by atoms with van der Waals surface area (Å²) in [5.41, 5.74) is 2.38. The number of hydrogen-bond donors (Lipinski definition) is 1. The van der Waals surface area contributed by atoms with Crippen LogP contribution in [0, 0.1) is 18.3 Å². The van der Waals surface area contributed by atoms with E-state index in [1.54, 1.807) is 13.2 Å². The van der Waals surface area contributed by atoms with Crippen molar-refractivity contribution in [3.8, 4) is 11.8 Å². The zero-order chi connectivity index (χ0) is 21.6. The molecule has 0 radical (unpaired) electrons. The Bertz CT molecular complexity index is 1270. The van der Waals surface area contributed by atoms with Crippen LogP contribution in [0.15, 0.2) is 23.1 Å². The minimum atomic E-state index is -0.996. The van der Waals surface area contributed by atoms with Gasteiger partial charge in [0.25, 0.3) is 0 Å². The lowest BCUT2D eigenvalue weighted by Gasteiger charge is -2.31. The number of fused-ring (bicyclic) bond motifs is 2. The van der Waals surface area contributed by atoms with Crippen molar-refractivity contribution in [2.45, 2.75) is 31.9 Å². The van der Waals surface area contributed by atoms with Gasteiger partial charge in [-0.05, 0) is 18.6 Å². The predicted molar refractivity (Wildman–Crippen MR) is 111 cm³/mol. The molecule has 1 fully saturated rings. The number of hydrogen-bond acceptors (Lipinski definition) is 8. The molecular formula is C21H22N6O4. The number of nitrogens with zero attached hydrogens (tertiary/aromatic N) is 5. The zero-order valence-corrected chi connectivity index (χ0v) is 17.3. The van der Waals surface area contributed by atoms with Crippen molar-refractivity contribution < 1.29 is 14.2 Å².